The maximum absolute atomic E-state index is 11.6. The van der Waals surface area contributed by atoms with Gasteiger partial charge in [-0.15, -0.1) is 0 Å². The van der Waals surface area contributed by atoms with E-state index in [1.54, 1.807) is 6.92 Å². The van der Waals surface area contributed by atoms with Crippen LogP contribution in [-0.4, -0.2) is 12.6 Å². The maximum atomic E-state index is 11.6. The Kier molecular flexibility index (Phi) is 5.87. The van der Waals surface area contributed by atoms with Gasteiger partial charge in [-0.3, -0.25) is 4.79 Å². The highest BCUT2D eigenvalue weighted by Crippen LogP contribution is 2.23. The van der Waals surface area contributed by atoms with E-state index in [9.17, 15) is 4.79 Å². The van der Waals surface area contributed by atoms with Crippen molar-refractivity contribution >= 4 is 21.9 Å². The van der Waals surface area contributed by atoms with Crippen LogP contribution in [0.15, 0.2) is 12.1 Å². The lowest BCUT2D eigenvalue weighted by atomic mass is 9.93. The minimum absolute atomic E-state index is 0.230. The number of nitriles is 1. The van der Waals surface area contributed by atoms with Gasteiger partial charge in [0.25, 0.3) is 0 Å². The second kappa shape index (κ2) is 7.17. The van der Waals surface area contributed by atoms with E-state index in [2.05, 4.69) is 22.0 Å². The fourth-order valence-corrected chi connectivity index (χ4v) is 2.48. The summed E-state index contributed by atoms with van der Waals surface area (Å²) in [5.41, 5.74) is 3.55. The molecule has 1 aromatic rings. The van der Waals surface area contributed by atoms with Gasteiger partial charge < -0.3 is 4.74 Å². The first-order chi connectivity index (χ1) is 8.67. The summed E-state index contributed by atoms with van der Waals surface area (Å²) in [5.74, 6) is -0.246. The van der Waals surface area contributed by atoms with Gasteiger partial charge >= 0.3 is 5.97 Å². The van der Waals surface area contributed by atoms with E-state index in [-0.39, 0.29) is 12.4 Å². The molecule has 18 heavy (non-hydrogen) atoms. The number of esters is 1. The average molecular weight is 310 g/mol. The Bertz CT molecular complexity index is 477. The Morgan fingerprint density at radius 3 is 2.61 bits per heavy atom. The zero-order chi connectivity index (χ0) is 13.5. The number of hydrogen-bond donors (Lipinski definition) is 0. The smallest absolute Gasteiger partial charge is 0.310 e. The van der Waals surface area contributed by atoms with Crippen molar-refractivity contribution in [3.8, 4) is 6.07 Å². The molecule has 0 amide bonds. The van der Waals surface area contributed by atoms with Crippen LogP contribution in [-0.2, 0) is 27.7 Å². The molecule has 0 aliphatic heterocycles. The summed E-state index contributed by atoms with van der Waals surface area (Å²) >= 11 is 3.41. The van der Waals surface area contributed by atoms with Gasteiger partial charge in [-0.05, 0) is 36.1 Å². The van der Waals surface area contributed by atoms with Crippen molar-refractivity contribution in [2.24, 2.45) is 0 Å². The molecule has 96 valence electrons. The van der Waals surface area contributed by atoms with Gasteiger partial charge in [-0.1, -0.05) is 28.9 Å². The van der Waals surface area contributed by atoms with Crippen LogP contribution in [0.1, 0.15) is 36.1 Å². The number of nitrogens with zero attached hydrogens (tertiary/aromatic N) is 1. The van der Waals surface area contributed by atoms with Gasteiger partial charge in [0.2, 0.25) is 0 Å². The van der Waals surface area contributed by atoms with Gasteiger partial charge in [0, 0.05) is 5.33 Å². The highest BCUT2D eigenvalue weighted by Gasteiger charge is 2.15. The van der Waals surface area contributed by atoms with Crippen molar-refractivity contribution in [3.05, 3.63) is 34.4 Å². The molecule has 0 saturated carbocycles. The second-order valence-corrected chi connectivity index (χ2v) is 4.37. The van der Waals surface area contributed by atoms with Crippen LogP contribution in [0.4, 0.5) is 0 Å². The Labute approximate surface area is 116 Å². The number of carbonyl (C=O) groups is 1. The molecular formula is C14H16BrNO2. The summed E-state index contributed by atoms with van der Waals surface area (Å²) in [6.45, 7) is 4.15. The third-order valence-corrected chi connectivity index (χ3v) is 3.38. The third kappa shape index (κ3) is 3.33. The highest BCUT2D eigenvalue weighted by atomic mass is 79.9. The van der Waals surface area contributed by atoms with Crippen LogP contribution in [0.2, 0.25) is 0 Å². The SMILES string of the molecule is CCOC(=O)Cc1c(CBr)ccc(C#N)c1CC. The predicted octanol–water partition coefficient (Wildman–Crippen LogP) is 3.12. The van der Waals surface area contributed by atoms with Crippen molar-refractivity contribution in [2.45, 2.75) is 32.0 Å². The predicted molar refractivity (Wildman–Crippen MR) is 73.5 cm³/mol. The molecule has 0 radical (unpaired) electrons. The quantitative estimate of drug-likeness (QED) is 0.620. The monoisotopic (exact) mass is 309 g/mol. The molecular weight excluding hydrogens is 294 g/mol. The largest absolute Gasteiger partial charge is 0.466 e. The number of ether oxygens (including phenoxy) is 1. The third-order valence-electron chi connectivity index (χ3n) is 2.77. The van der Waals surface area contributed by atoms with E-state index in [1.807, 2.05) is 19.1 Å². The first-order valence-corrected chi connectivity index (χ1v) is 7.05. The van der Waals surface area contributed by atoms with Crippen LogP contribution in [0.5, 0.6) is 0 Å². The molecule has 0 N–H and O–H groups in total. The summed E-state index contributed by atoms with van der Waals surface area (Å²) in [5, 5.41) is 9.76. The molecule has 0 aliphatic carbocycles. The van der Waals surface area contributed by atoms with E-state index in [1.165, 1.54) is 0 Å². The number of benzene rings is 1. The zero-order valence-corrected chi connectivity index (χ0v) is 12.2. The van der Waals surface area contributed by atoms with Crippen LogP contribution >= 0.6 is 15.9 Å². The lowest BCUT2D eigenvalue weighted by molar-refractivity contribution is -0.142. The van der Waals surface area contributed by atoms with E-state index >= 15 is 0 Å². The lowest BCUT2D eigenvalue weighted by Gasteiger charge is -2.13. The summed E-state index contributed by atoms with van der Waals surface area (Å²) in [4.78, 5) is 11.6. The number of rotatable bonds is 5. The number of carbonyl (C=O) groups excluding carboxylic acids is 1. The molecule has 3 nitrogen and oxygen atoms in total. The van der Waals surface area contributed by atoms with Crippen molar-refractivity contribution in [2.75, 3.05) is 6.61 Å². The van der Waals surface area contributed by atoms with Crippen molar-refractivity contribution in [1.82, 2.24) is 0 Å². The summed E-state index contributed by atoms with van der Waals surface area (Å²) < 4.78 is 4.98. The molecule has 0 bridgehead atoms. The summed E-state index contributed by atoms with van der Waals surface area (Å²) in [7, 11) is 0. The Morgan fingerprint density at radius 2 is 2.11 bits per heavy atom. The van der Waals surface area contributed by atoms with E-state index in [0.717, 1.165) is 23.1 Å². The second-order valence-electron chi connectivity index (χ2n) is 3.81. The molecule has 0 spiro atoms. The van der Waals surface area contributed by atoms with Gasteiger partial charge in [0.1, 0.15) is 0 Å². The molecule has 0 unspecified atom stereocenters. The first kappa shape index (κ1) is 14.7. The van der Waals surface area contributed by atoms with E-state index in [0.29, 0.717) is 17.5 Å². The molecule has 4 heteroatoms. The van der Waals surface area contributed by atoms with E-state index < -0.39 is 0 Å². The van der Waals surface area contributed by atoms with Gasteiger partial charge in [0.15, 0.2) is 0 Å². The zero-order valence-electron chi connectivity index (χ0n) is 10.6. The fraction of sp³-hybridized carbons (Fsp3) is 0.429. The Balaban J connectivity index is 3.20. The molecule has 0 aliphatic rings. The molecule has 0 fully saturated rings. The van der Waals surface area contributed by atoms with Crippen LogP contribution in [0.3, 0.4) is 0 Å². The van der Waals surface area contributed by atoms with Crippen molar-refractivity contribution in [1.29, 1.82) is 5.26 Å². The van der Waals surface area contributed by atoms with Gasteiger partial charge in [-0.25, -0.2) is 0 Å². The highest BCUT2D eigenvalue weighted by molar-refractivity contribution is 9.08. The normalized spacial score (nSPS) is 9.89. The Morgan fingerprint density at radius 1 is 1.39 bits per heavy atom. The standard InChI is InChI=1S/C14H16BrNO2/c1-3-12-11(9-16)6-5-10(8-15)13(12)7-14(17)18-4-2/h5-6H,3-4,7-8H2,1-2H3. The minimum atomic E-state index is -0.246. The lowest BCUT2D eigenvalue weighted by Crippen LogP contribution is -2.12. The van der Waals surface area contributed by atoms with Crippen LogP contribution < -0.4 is 0 Å². The Hall–Kier alpha value is -1.34. The summed E-state index contributed by atoms with van der Waals surface area (Å²) in [6, 6.07) is 5.88. The molecule has 0 aromatic heterocycles. The van der Waals surface area contributed by atoms with Crippen molar-refractivity contribution < 1.29 is 9.53 Å². The molecule has 0 heterocycles. The first-order valence-electron chi connectivity index (χ1n) is 5.93. The number of halogens is 1. The van der Waals surface area contributed by atoms with Gasteiger partial charge in [-0.2, -0.15) is 5.26 Å². The topological polar surface area (TPSA) is 50.1 Å². The molecule has 1 rings (SSSR count). The number of alkyl halides is 1. The van der Waals surface area contributed by atoms with Gasteiger partial charge in [0.05, 0.1) is 24.7 Å². The minimum Gasteiger partial charge on any atom is -0.466 e. The maximum Gasteiger partial charge on any atom is 0.310 e. The molecule has 0 saturated heterocycles. The molecule has 0 atom stereocenters. The fourth-order valence-electron chi connectivity index (χ4n) is 1.95. The number of hydrogen-bond acceptors (Lipinski definition) is 3. The molecule has 1 aromatic carbocycles. The summed E-state index contributed by atoms with van der Waals surface area (Å²) in [6.07, 6.45) is 0.964. The van der Waals surface area contributed by atoms with Crippen molar-refractivity contribution in [3.63, 3.8) is 0 Å². The van der Waals surface area contributed by atoms with E-state index in [4.69, 9.17) is 10.00 Å². The average Bonchev–Trinajstić information content (AvgIpc) is 2.38. The van der Waals surface area contributed by atoms with Crippen LogP contribution in [0, 0.1) is 11.3 Å². The van der Waals surface area contributed by atoms with Crippen LogP contribution in [0.25, 0.3) is 0 Å².